The lowest BCUT2D eigenvalue weighted by atomic mass is 9.84. The molecule has 0 amide bonds. The first-order chi connectivity index (χ1) is 7.09. The van der Waals surface area contributed by atoms with E-state index in [-0.39, 0.29) is 12.1 Å². The Morgan fingerprint density at radius 3 is 2.67 bits per heavy atom. The van der Waals surface area contributed by atoms with Crippen molar-refractivity contribution in [2.24, 2.45) is 0 Å². The monoisotopic (exact) mass is 211 g/mol. The van der Waals surface area contributed by atoms with Crippen molar-refractivity contribution < 1.29 is 14.6 Å². The van der Waals surface area contributed by atoms with E-state index in [4.69, 9.17) is 10.00 Å². The molecule has 1 aliphatic rings. The maximum absolute atomic E-state index is 11.2. The van der Waals surface area contributed by atoms with Gasteiger partial charge in [0.2, 0.25) is 0 Å². The molecule has 1 aliphatic carbocycles. The molecule has 0 radical (unpaired) electrons. The topological polar surface area (TPSA) is 70.3 Å². The van der Waals surface area contributed by atoms with Gasteiger partial charge in [0, 0.05) is 6.42 Å². The first-order valence-electron chi connectivity index (χ1n) is 5.43. The molecule has 0 atom stereocenters. The lowest BCUT2D eigenvalue weighted by molar-refractivity contribution is -0.152. The number of ether oxygens (including phenoxy) is 1. The highest BCUT2D eigenvalue weighted by Gasteiger charge is 2.34. The van der Waals surface area contributed by atoms with E-state index in [1.165, 1.54) is 0 Å². The summed E-state index contributed by atoms with van der Waals surface area (Å²) in [6.45, 7) is 1.93. The van der Waals surface area contributed by atoms with Gasteiger partial charge >= 0.3 is 5.97 Å². The Hall–Kier alpha value is -1.08. The second-order valence-corrected chi connectivity index (χ2v) is 4.08. The maximum Gasteiger partial charge on any atom is 0.306 e. The third-order valence-corrected chi connectivity index (χ3v) is 2.72. The third kappa shape index (κ3) is 3.52. The minimum atomic E-state index is -1.20. The Labute approximate surface area is 89.8 Å². The molecule has 4 heteroatoms. The molecule has 0 aromatic carbocycles. The molecule has 1 saturated carbocycles. The van der Waals surface area contributed by atoms with Crippen LogP contribution in [-0.2, 0) is 9.53 Å². The van der Waals surface area contributed by atoms with E-state index in [0.717, 1.165) is 6.42 Å². The second-order valence-electron chi connectivity index (χ2n) is 4.08. The van der Waals surface area contributed by atoms with Crippen LogP contribution in [-0.4, -0.2) is 22.8 Å². The van der Waals surface area contributed by atoms with Crippen LogP contribution >= 0.6 is 0 Å². The number of carbonyl (C=O) groups excluding carboxylic acids is 1. The summed E-state index contributed by atoms with van der Waals surface area (Å²) in [5.74, 6) is -0.176. The Kier molecular flexibility index (Phi) is 4.10. The zero-order chi connectivity index (χ0) is 11.3. The predicted molar refractivity (Wildman–Crippen MR) is 53.8 cm³/mol. The number of esters is 1. The first kappa shape index (κ1) is 12.0. The molecule has 1 rings (SSSR count). The third-order valence-electron chi connectivity index (χ3n) is 2.72. The number of carbonyl (C=O) groups is 1. The Bertz CT molecular complexity index is 261. The quantitative estimate of drug-likeness (QED) is 0.567. The van der Waals surface area contributed by atoms with E-state index in [2.05, 4.69) is 0 Å². The molecule has 4 nitrogen and oxygen atoms in total. The smallest absolute Gasteiger partial charge is 0.306 e. The van der Waals surface area contributed by atoms with E-state index in [9.17, 15) is 9.90 Å². The van der Waals surface area contributed by atoms with Crippen LogP contribution in [0.25, 0.3) is 0 Å². The molecule has 15 heavy (non-hydrogen) atoms. The van der Waals surface area contributed by atoms with E-state index >= 15 is 0 Å². The van der Waals surface area contributed by atoms with Gasteiger partial charge in [0.15, 0.2) is 5.60 Å². The average molecular weight is 211 g/mol. The van der Waals surface area contributed by atoms with Crippen molar-refractivity contribution in [3.63, 3.8) is 0 Å². The molecular weight excluding hydrogens is 194 g/mol. The van der Waals surface area contributed by atoms with Gasteiger partial charge < -0.3 is 9.84 Å². The SMILES string of the molecule is CCCC(=O)OC1CCC(O)(C#N)CC1. The summed E-state index contributed by atoms with van der Waals surface area (Å²) in [6.07, 6.45) is 3.07. The normalized spacial score (nSPS) is 30.6. The van der Waals surface area contributed by atoms with Crippen LogP contribution in [0.4, 0.5) is 0 Å². The van der Waals surface area contributed by atoms with Gasteiger partial charge in [-0.15, -0.1) is 0 Å². The molecule has 84 valence electrons. The fraction of sp³-hybridized carbons (Fsp3) is 0.818. The number of rotatable bonds is 3. The molecule has 0 spiro atoms. The number of hydrogen-bond acceptors (Lipinski definition) is 4. The molecule has 0 bridgehead atoms. The predicted octanol–water partition coefficient (Wildman–Crippen LogP) is 1.53. The summed E-state index contributed by atoms with van der Waals surface area (Å²) in [6, 6.07) is 1.89. The van der Waals surface area contributed by atoms with Crippen molar-refractivity contribution in [1.29, 1.82) is 5.26 Å². The van der Waals surface area contributed by atoms with Crippen LogP contribution in [0.1, 0.15) is 45.4 Å². The first-order valence-corrected chi connectivity index (χ1v) is 5.43. The summed E-state index contributed by atoms with van der Waals surface area (Å²) in [5, 5.41) is 18.3. The summed E-state index contributed by atoms with van der Waals surface area (Å²) in [7, 11) is 0. The highest BCUT2D eigenvalue weighted by atomic mass is 16.5. The number of nitriles is 1. The fourth-order valence-corrected chi connectivity index (χ4v) is 1.75. The highest BCUT2D eigenvalue weighted by molar-refractivity contribution is 5.69. The molecule has 1 N–H and O–H groups in total. The Morgan fingerprint density at radius 1 is 1.60 bits per heavy atom. The second kappa shape index (κ2) is 5.13. The lowest BCUT2D eigenvalue weighted by Crippen LogP contribution is -2.35. The summed E-state index contributed by atoms with van der Waals surface area (Å²) in [4.78, 5) is 11.2. The van der Waals surface area contributed by atoms with Crippen molar-refractivity contribution in [3.8, 4) is 6.07 Å². The van der Waals surface area contributed by atoms with Gasteiger partial charge in [-0.05, 0) is 32.1 Å². The zero-order valence-corrected chi connectivity index (χ0v) is 9.03. The van der Waals surface area contributed by atoms with Crippen LogP contribution in [0.3, 0.4) is 0 Å². The standard InChI is InChI=1S/C11H17NO3/c1-2-3-10(13)15-9-4-6-11(14,8-12)7-5-9/h9,14H,2-7H2,1H3. The zero-order valence-electron chi connectivity index (χ0n) is 9.03. The van der Waals surface area contributed by atoms with Crippen LogP contribution in [0.5, 0.6) is 0 Å². The molecule has 0 aromatic heterocycles. The molecule has 0 unspecified atom stereocenters. The van der Waals surface area contributed by atoms with Crippen molar-refractivity contribution in [3.05, 3.63) is 0 Å². The van der Waals surface area contributed by atoms with E-state index in [0.29, 0.717) is 32.1 Å². The number of hydrogen-bond donors (Lipinski definition) is 1. The lowest BCUT2D eigenvalue weighted by Gasteiger charge is -2.30. The van der Waals surface area contributed by atoms with E-state index < -0.39 is 5.60 Å². The minimum absolute atomic E-state index is 0.113. The molecule has 0 saturated heterocycles. The van der Waals surface area contributed by atoms with Crippen molar-refractivity contribution >= 4 is 5.97 Å². The highest BCUT2D eigenvalue weighted by Crippen LogP contribution is 2.29. The van der Waals surface area contributed by atoms with Crippen LogP contribution in [0, 0.1) is 11.3 Å². The molecule has 0 aromatic rings. The maximum atomic E-state index is 11.2. The molecular formula is C11H17NO3. The average Bonchev–Trinajstić information content (AvgIpc) is 2.22. The molecule has 1 fully saturated rings. The van der Waals surface area contributed by atoms with Gasteiger partial charge in [-0.25, -0.2) is 0 Å². The van der Waals surface area contributed by atoms with Crippen molar-refractivity contribution in [1.82, 2.24) is 0 Å². The van der Waals surface area contributed by atoms with Crippen molar-refractivity contribution in [2.45, 2.75) is 57.2 Å². The van der Waals surface area contributed by atoms with Crippen molar-refractivity contribution in [2.75, 3.05) is 0 Å². The molecule has 0 aliphatic heterocycles. The van der Waals surface area contributed by atoms with Gasteiger partial charge in [-0.3, -0.25) is 4.79 Å². The minimum Gasteiger partial charge on any atom is -0.462 e. The largest absolute Gasteiger partial charge is 0.462 e. The number of aliphatic hydroxyl groups is 1. The van der Waals surface area contributed by atoms with Gasteiger partial charge in [0.25, 0.3) is 0 Å². The Morgan fingerprint density at radius 2 is 2.20 bits per heavy atom. The van der Waals surface area contributed by atoms with Gasteiger partial charge in [-0.1, -0.05) is 6.92 Å². The summed E-state index contributed by atoms with van der Waals surface area (Å²) in [5.41, 5.74) is -1.20. The van der Waals surface area contributed by atoms with E-state index in [1.807, 2.05) is 13.0 Å². The fourth-order valence-electron chi connectivity index (χ4n) is 1.75. The van der Waals surface area contributed by atoms with Gasteiger partial charge in [0.1, 0.15) is 6.10 Å². The van der Waals surface area contributed by atoms with Gasteiger partial charge in [0.05, 0.1) is 6.07 Å². The van der Waals surface area contributed by atoms with Crippen LogP contribution in [0.2, 0.25) is 0 Å². The van der Waals surface area contributed by atoms with Gasteiger partial charge in [-0.2, -0.15) is 5.26 Å². The summed E-state index contributed by atoms with van der Waals surface area (Å²) < 4.78 is 5.21. The van der Waals surface area contributed by atoms with Crippen LogP contribution < -0.4 is 0 Å². The molecule has 0 heterocycles. The Balaban J connectivity index is 2.32. The number of nitrogens with zero attached hydrogens (tertiary/aromatic N) is 1. The van der Waals surface area contributed by atoms with Crippen LogP contribution in [0.15, 0.2) is 0 Å². The summed E-state index contributed by atoms with van der Waals surface area (Å²) >= 11 is 0. The van der Waals surface area contributed by atoms with E-state index in [1.54, 1.807) is 0 Å².